The Bertz CT molecular complexity index is 618. The van der Waals surface area contributed by atoms with Crippen molar-refractivity contribution in [2.45, 2.75) is 212 Å². The van der Waals surface area contributed by atoms with Crippen LogP contribution < -0.4 is 5.32 Å². The summed E-state index contributed by atoms with van der Waals surface area (Å²) in [6.07, 6.45) is 44.1. The van der Waals surface area contributed by atoms with Gasteiger partial charge < -0.3 is 15.5 Å². The van der Waals surface area contributed by atoms with E-state index in [4.69, 9.17) is 0 Å². The second-order valence-corrected chi connectivity index (χ2v) is 13.0. The first kappa shape index (κ1) is 41.9. The van der Waals surface area contributed by atoms with E-state index in [0.29, 0.717) is 6.42 Å². The van der Waals surface area contributed by atoms with Crippen LogP contribution in [0.4, 0.5) is 0 Å². The summed E-state index contributed by atoms with van der Waals surface area (Å²) in [7, 11) is 0. The number of hydrogen-bond donors (Lipinski definition) is 3. The summed E-state index contributed by atoms with van der Waals surface area (Å²) in [6.45, 7) is 4.28. The molecule has 0 radical (unpaired) electrons. The van der Waals surface area contributed by atoms with Crippen LogP contribution in [0.5, 0.6) is 0 Å². The lowest BCUT2D eigenvalue weighted by molar-refractivity contribution is -0.123. The van der Waals surface area contributed by atoms with E-state index < -0.39 is 12.1 Å². The number of hydrogen-bond acceptors (Lipinski definition) is 3. The van der Waals surface area contributed by atoms with Gasteiger partial charge in [-0.1, -0.05) is 186 Å². The van der Waals surface area contributed by atoms with Gasteiger partial charge in [0.25, 0.3) is 0 Å². The number of nitrogens with one attached hydrogen (secondary N) is 1. The van der Waals surface area contributed by atoms with Crippen LogP contribution in [-0.2, 0) is 4.79 Å². The minimum absolute atomic E-state index is 0.0751. The van der Waals surface area contributed by atoms with Gasteiger partial charge in [0, 0.05) is 6.42 Å². The lowest BCUT2D eigenvalue weighted by atomic mass is 10.0. The van der Waals surface area contributed by atoms with Crippen molar-refractivity contribution in [2.24, 2.45) is 0 Å². The van der Waals surface area contributed by atoms with Crippen LogP contribution in [0.2, 0.25) is 0 Å². The summed E-state index contributed by atoms with van der Waals surface area (Å²) in [6, 6.07) is -0.632. The molecule has 0 aliphatic heterocycles. The molecule has 0 aromatic heterocycles. The Labute approximate surface area is 269 Å². The molecule has 0 rings (SSSR count). The summed E-state index contributed by atoms with van der Waals surface area (Å²) >= 11 is 0. The highest BCUT2D eigenvalue weighted by molar-refractivity contribution is 5.76. The molecule has 2 unspecified atom stereocenters. The largest absolute Gasteiger partial charge is 0.394 e. The van der Waals surface area contributed by atoms with E-state index in [0.717, 1.165) is 32.1 Å². The zero-order valence-corrected chi connectivity index (χ0v) is 29.0. The predicted octanol–water partition coefficient (Wildman–Crippen LogP) is 11.3. The zero-order valence-electron chi connectivity index (χ0n) is 29.0. The maximum Gasteiger partial charge on any atom is 0.220 e. The van der Waals surface area contributed by atoms with Crippen LogP contribution in [0, 0.1) is 0 Å². The first-order valence-corrected chi connectivity index (χ1v) is 19.1. The fourth-order valence-corrected chi connectivity index (χ4v) is 5.72. The van der Waals surface area contributed by atoms with E-state index in [2.05, 4.69) is 31.3 Å². The topological polar surface area (TPSA) is 69.6 Å². The molecule has 0 spiro atoms. The minimum atomic E-state index is -0.856. The van der Waals surface area contributed by atoms with Crippen LogP contribution in [0.3, 0.4) is 0 Å². The van der Waals surface area contributed by atoms with Gasteiger partial charge in [0.15, 0.2) is 0 Å². The highest BCUT2D eigenvalue weighted by Crippen LogP contribution is 2.14. The molecule has 254 valence electrons. The van der Waals surface area contributed by atoms with Gasteiger partial charge in [-0.15, -0.1) is 0 Å². The fourth-order valence-electron chi connectivity index (χ4n) is 5.72. The number of allylic oxidation sites excluding steroid dienone is 3. The number of aliphatic hydroxyl groups excluding tert-OH is 2. The molecule has 0 saturated carbocycles. The molecular weight excluding hydrogens is 530 g/mol. The Kier molecular flexibility index (Phi) is 34.4. The number of carbonyl (C=O) groups excluding carboxylic acids is 1. The first-order valence-electron chi connectivity index (χ1n) is 19.1. The Hall–Kier alpha value is -1.13. The normalized spacial score (nSPS) is 13.3. The second kappa shape index (κ2) is 35.4. The van der Waals surface area contributed by atoms with E-state index in [9.17, 15) is 15.0 Å². The van der Waals surface area contributed by atoms with Crippen molar-refractivity contribution in [3.05, 3.63) is 24.3 Å². The monoisotopic (exact) mass is 606 g/mol. The van der Waals surface area contributed by atoms with Gasteiger partial charge in [-0.25, -0.2) is 0 Å². The Morgan fingerprint density at radius 1 is 0.535 bits per heavy atom. The Balaban J connectivity index is 3.62. The van der Waals surface area contributed by atoms with Crippen molar-refractivity contribution >= 4 is 5.91 Å². The van der Waals surface area contributed by atoms with Crippen molar-refractivity contribution in [2.75, 3.05) is 6.61 Å². The molecule has 0 bridgehead atoms. The third-order valence-electron chi connectivity index (χ3n) is 8.69. The van der Waals surface area contributed by atoms with E-state index in [1.54, 1.807) is 6.08 Å². The molecular formula is C39H75NO3. The fraction of sp³-hybridized carbons (Fsp3) is 0.872. The van der Waals surface area contributed by atoms with Gasteiger partial charge in [-0.05, 0) is 32.1 Å². The molecule has 4 heteroatoms. The molecule has 1 amide bonds. The minimum Gasteiger partial charge on any atom is -0.394 e. The van der Waals surface area contributed by atoms with Crippen LogP contribution >= 0.6 is 0 Å². The van der Waals surface area contributed by atoms with Crippen molar-refractivity contribution in [3.63, 3.8) is 0 Å². The molecule has 43 heavy (non-hydrogen) atoms. The summed E-state index contributed by atoms with van der Waals surface area (Å²) < 4.78 is 0. The van der Waals surface area contributed by atoms with Crippen molar-refractivity contribution in [1.82, 2.24) is 5.32 Å². The standard InChI is InChI=1S/C39H75NO3/c1-3-5-7-9-11-13-15-16-17-18-19-20-21-22-23-25-26-28-30-32-34-38(42)37(36-41)40-39(43)35-33-31-29-27-24-14-12-10-8-6-4-2/h25-26,32,34,37-38,41-42H,3-24,27-31,33,35-36H2,1-2H3,(H,40,43)/b26-25+,34-32+. The van der Waals surface area contributed by atoms with Gasteiger partial charge in [0.05, 0.1) is 18.8 Å². The van der Waals surface area contributed by atoms with E-state index in [1.807, 2.05) is 6.08 Å². The van der Waals surface area contributed by atoms with Gasteiger partial charge in [0.2, 0.25) is 5.91 Å². The number of amides is 1. The summed E-state index contributed by atoms with van der Waals surface area (Å²) in [4.78, 5) is 12.3. The molecule has 0 aliphatic carbocycles. The number of aliphatic hydroxyl groups is 2. The molecule has 0 aromatic carbocycles. The molecule has 4 nitrogen and oxygen atoms in total. The number of unbranched alkanes of at least 4 members (excludes halogenated alkanes) is 25. The maximum atomic E-state index is 12.3. The third-order valence-corrected chi connectivity index (χ3v) is 8.69. The average Bonchev–Trinajstić information content (AvgIpc) is 3.01. The van der Waals surface area contributed by atoms with Crippen molar-refractivity contribution < 1.29 is 15.0 Å². The van der Waals surface area contributed by atoms with Crippen LogP contribution in [-0.4, -0.2) is 34.9 Å². The molecule has 0 heterocycles. The lowest BCUT2D eigenvalue weighted by Crippen LogP contribution is -2.45. The highest BCUT2D eigenvalue weighted by Gasteiger charge is 2.17. The van der Waals surface area contributed by atoms with Crippen molar-refractivity contribution in [1.29, 1.82) is 0 Å². The summed E-state index contributed by atoms with van der Waals surface area (Å²) in [5, 5.41) is 22.9. The lowest BCUT2D eigenvalue weighted by Gasteiger charge is -2.19. The maximum absolute atomic E-state index is 12.3. The zero-order chi connectivity index (χ0) is 31.5. The van der Waals surface area contributed by atoms with Crippen LogP contribution in [0.1, 0.15) is 200 Å². The molecule has 2 atom stereocenters. The number of carbonyl (C=O) groups is 1. The van der Waals surface area contributed by atoms with Gasteiger partial charge in [-0.3, -0.25) is 4.79 Å². The highest BCUT2D eigenvalue weighted by atomic mass is 16.3. The third kappa shape index (κ3) is 32.1. The Morgan fingerprint density at radius 3 is 1.35 bits per heavy atom. The van der Waals surface area contributed by atoms with Crippen molar-refractivity contribution in [3.8, 4) is 0 Å². The SMILES string of the molecule is CCCCCCCCCCCCCCCC/C=C/CC/C=C/C(O)C(CO)NC(=O)CCCCCCCCCCCCC. The molecule has 0 aliphatic rings. The molecule has 0 aromatic rings. The van der Waals surface area contributed by atoms with Gasteiger partial charge >= 0.3 is 0 Å². The molecule has 0 saturated heterocycles. The van der Waals surface area contributed by atoms with E-state index in [1.165, 1.54) is 148 Å². The predicted molar refractivity (Wildman–Crippen MR) is 189 cm³/mol. The van der Waals surface area contributed by atoms with Gasteiger partial charge in [-0.2, -0.15) is 0 Å². The van der Waals surface area contributed by atoms with Crippen LogP contribution in [0.15, 0.2) is 24.3 Å². The Morgan fingerprint density at radius 2 is 0.907 bits per heavy atom. The number of rotatable bonds is 34. The van der Waals surface area contributed by atoms with E-state index >= 15 is 0 Å². The average molecular weight is 606 g/mol. The molecule has 3 N–H and O–H groups in total. The molecule has 0 fully saturated rings. The van der Waals surface area contributed by atoms with E-state index in [-0.39, 0.29) is 12.5 Å². The first-order chi connectivity index (χ1) is 21.2. The second-order valence-electron chi connectivity index (χ2n) is 13.0. The quantitative estimate of drug-likeness (QED) is 0.0505. The smallest absolute Gasteiger partial charge is 0.220 e. The van der Waals surface area contributed by atoms with Crippen LogP contribution in [0.25, 0.3) is 0 Å². The summed E-state index contributed by atoms with van der Waals surface area (Å²) in [5.41, 5.74) is 0. The summed E-state index contributed by atoms with van der Waals surface area (Å²) in [5.74, 6) is -0.0751. The van der Waals surface area contributed by atoms with Gasteiger partial charge in [0.1, 0.15) is 0 Å².